The lowest BCUT2D eigenvalue weighted by Crippen LogP contribution is -2.43. The van der Waals surface area contributed by atoms with E-state index in [4.69, 9.17) is 9.47 Å². The molecular formula is C20H24N2O4. The largest absolute Gasteiger partial charge is 0.507 e. The molecule has 0 bridgehead atoms. The van der Waals surface area contributed by atoms with Crippen molar-refractivity contribution in [2.75, 3.05) is 40.0 Å². The van der Waals surface area contributed by atoms with Gasteiger partial charge in [0.25, 0.3) is 5.91 Å². The van der Waals surface area contributed by atoms with Crippen molar-refractivity contribution in [3.8, 4) is 11.5 Å². The Bertz CT molecular complexity index is 730. The number of nitrogens with zero attached hydrogens (tertiary/aromatic N) is 1. The van der Waals surface area contributed by atoms with Crippen molar-refractivity contribution in [1.29, 1.82) is 0 Å². The Balaban J connectivity index is 1.72. The number of nitrogens with one attached hydrogen (secondary N) is 1. The highest BCUT2D eigenvalue weighted by molar-refractivity contribution is 5.97. The van der Waals surface area contributed by atoms with Crippen LogP contribution in [0.3, 0.4) is 0 Å². The van der Waals surface area contributed by atoms with Gasteiger partial charge < -0.3 is 19.9 Å². The van der Waals surface area contributed by atoms with Crippen LogP contribution in [0.25, 0.3) is 0 Å². The molecule has 26 heavy (non-hydrogen) atoms. The van der Waals surface area contributed by atoms with Crippen LogP contribution in [0.4, 0.5) is 0 Å². The first-order chi connectivity index (χ1) is 12.7. The summed E-state index contributed by atoms with van der Waals surface area (Å²) in [5, 5.41) is 13.0. The molecule has 0 spiro atoms. The van der Waals surface area contributed by atoms with Crippen LogP contribution < -0.4 is 10.1 Å². The second kappa shape index (κ2) is 8.69. The molecule has 0 radical (unpaired) electrons. The van der Waals surface area contributed by atoms with Crippen LogP contribution in [0, 0.1) is 0 Å². The summed E-state index contributed by atoms with van der Waals surface area (Å²) >= 11 is 0. The van der Waals surface area contributed by atoms with Crippen LogP contribution >= 0.6 is 0 Å². The van der Waals surface area contributed by atoms with E-state index in [9.17, 15) is 9.90 Å². The Morgan fingerprint density at radius 2 is 1.96 bits per heavy atom. The van der Waals surface area contributed by atoms with E-state index in [0.717, 1.165) is 18.7 Å². The molecule has 6 heteroatoms. The molecule has 0 saturated carbocycles. The summed E-state index contributed by atoms with van der Waals surface area (Å²) in [5.74, 6) is 0.110. The third-order valence-corrected chi connectivity index (χ3v) is 4.58. The number of hydrogen-bond acceptors (Lipinski definition) is 5. The molecule has 1 heterocycles. The molecule has 1 atom stereocenters. The van der Waals surface area contributed by atoms with E-state index in [2.05, 4.69) is 22.3 Å². The predicted octanol–water partition coefficient (Wildman–Crippen LogP) is 2.20. The van der Waals surface area contributed by atoms with Crippen molar-refractivity contribution in [3.05, 3.63) is 59.7 Å². The summed E-state index contributed by atoms with van der Waals surface area (Å²) in [6.07, 6.45) is 0. The maximum absolute atomic E-state index is 12.5. The highest BCUT2D eigenvalue weighted by Crippen LogP contribution is 2.24. The van der Waals surface area contributed by atoms with Gasteiger partial charge in [0.2, 0.25) is 0 Å². The van der Waals surface area contributed by atoms with Gasteiger partial charge in [0.05, 0.1) is 31.9 Å². The average molecular weight is 356 g/mol. The van der Waals surface area contributed by atoms with Crippen molar-refractivity contribution in [3.63, 3.8) is 0 Å². The zero-order valence-electron chi connectivity index (χ0n) is 14.9. The van der Waals surface area contributed by atoms with Gasteiger partial charge in [-0.15, -0.1) is 0 Å². The van der Waals surface area contributed by atoms with Gasteiger partial charge >= 0.3 is 0 Å². The number of aromatic hydroxyl groups is 1. The van der Waals surface area contributed by atoms with E-state index >= 15 is 0 Å². The van der Waals surface area contributed by atoms with Crippen LogP contribution in [0.15, 0.2) is 48.5 Å². The number of phenols is 1. The van der Waals surface area contributed by atoms with Gasteiger partial charge in [-0.05, 0) is 17.7 Å². The molecule has 1 unspecified atom stereocenters. The van der Waals surface area contributed by atoms with Crippen LogP contribution in [-0.2, 0) is 4.74 Å². The highest BCUT2D eigenvalue weighted by Gasteiger charge is 2.23. The van der Waals surface area contributed by atoms with Crippen LogP contribution in [0.5, 0.6) is 11.5 Å². The van der Waals surface area contributed by atoms with Gasteiger partial charge in [-0.2, -0.15) is 0 Å². The van der Waals surface area contributed by atoms with Gasteiger partial charge in [0.1, 0.15) is 11.5 Å². The average Bonchev–Trinajstić information content (AvgIpc) is 2.69. The van der Waals surface area contributed by atoms with Crippen molar-refractivity contribution < 1.29 is 19.4 Å². The van der Waals surface area contributed by atoms with Crippen molar-refractivity contribution in [2.45, 2.75) is 6.04 Å². The SMILES string of the molecule is COc1ccc(C(=O)NCC(c2ccccc2)N2CCOCC2)c(O)c1. The third-order valence-electron chi connectivity index (χ3n) is 4.58. The van der Waals surface area contributed by atoms with E-state index in [1.165, 1.54) is 13.2 Å². The molecule has 0 aromatic heterocycles. The Kier molecular flexibility index (Phi) is 6.09. The lowest BCUT2D eigenvalue weighted by molar-refractivity contribution is 0.0162. The fraction of sp³-hybridized carbons (Fsp3) is 0.350. The van der Waals surface area contributed by atoms with Crippen molar-refractivity contribution in [2.24, 2.45) is 0 Å². The van der Waals surface area contributed by atoms with E-state index < -0.39 is 0 Å². The number of carbonyl (C=O) groups is 1. The number of carbonyl (C=O) groups excluding carboxylic acids is 1. The summed E-state index contributed by atoms with van der Waals surface area (Å²) in [4.78, 5) is 14.8. The number of methoxy groups -OCH3 is 1. The minimum absolute atomic E-state index is 0.0597. The summed E-state index contributed by atoms with van der Waals surface area (Å²) in [6, 6.07) is 14.8. The fourth-order valence-electron chi connectivity index (χ4n) is 3.14. The minimum Gasteiger partial charge on any atom is -0.507 e. The maximum Gasteiger partial charge on any atom is 0.255 e. The Hall–Kier alpha value is -2.57. The molecule has 3 rings (SSSR count). The molecule has 1 aliphatic heterocycles. The molecule has 6 nitrogen and oxygen atoms in total. The van der Waals surface area contributed by atoms with Gasteiger partial charge in [0.15, 0.2) is 0 Å². The second-order valence-corrected chi connectivity index (χ2v) is 6.17. The topological polar surface area (TPSA) is 71.0 Å². The summed E-state index contributed by atoms with van der Waals surface area (Å²) in [6.45, 7) is 3.48. The molecule has 1 aliphatic rings. The zero-order chi connectivity index (χ0) is 18.4. The van der Waals surface area contributed by atoms with Gasteiger partial charge in [-0.25, -0.2) is 0 Å². The Morgan fingerprint density at radius 3 is 2.62 bits per heavy atom. The molecular weight excluding hydrogens is 332 g/mol. The van der Waals surface area contributed by atoms with Crippen LogP contribution in [0.2, 0.25) is 0 Å². The highest BCUT2D eigenvalue weighted by atomic mass is 16.5. The number of rotatable bonds is 6. The lowest BCUT2D eigenvalue weighted by atomic mass is 10.0. The number of phenolic OH excluding ortho intramolecular Hbond substituents is 1. The predicted molar refractivity (Wildman–Crippen MR) is 98.6 cm³/mol. The van der Waals surface area contributed by atoms with Crippen LogP contribution in [0.1, 0.15) is 22.0 Å². The molecule has 2 aromatic carbocycles. The molecule has 138 valence electrons. The van der Waals surface area contributed by atoms with E-state index in [1.807, 2.05) is 18.2 Å². The summed E-state index contributed by atoms with van der Waals surface area (Å²) in [7, 11) is 1.52. The van der Waals surface area contributed by atoms with Crippen LogP contribution in [-0.4, -0.2) is 55.9 Å². The van der Waals surface area contributed by atoms with E-state index in [1.54, 1.807) is 12.1 Å². The van der Waals surface area contributed by atoms with E-state index in [-0.39, 0.29) is 23.3 Å². The number of morpholine rings is 1. The lowest BCUT2D eigenvalue weighted by Gasteiger charge is -2.35. The standard InChI is InChI=1S/C20H24N2O4/c1-25-16-7-8-17(19(23)13-16)20(24)21-14-18(15-5-3-2-4-6-15)22-9-11-26-12-10-22/h2-8,13,18,23H,9-12,14H2,1H3,(H,21,24). The van der Waals surface area contributed by atoms with Gasteiger partial charge in [-0.1, -0.05) is 30.3 Å². The first-order valence-electron chi connectivity index (χ1n) is 8.71. The molecule has 0 aliphatic carbocycles. The Labute approximate surface area is 153 Å². The molecule has 2 N–H and O–H groups in total. The second-order valence-electron chi connectivity index (χ2n) is 6.17. The van der Waals surface area contributed by atoms with Crippen molar-refractivity contribution in [1.82, 2.24) is 10.2 Å². The maximum atomic E-state index is 12.5. The number of ether oxygens (including phenoxy) is 2. The molecule has 2 aromatic rings. The normalized spacial score (nSPS) is 16.0. The quantitative estimate of drug-likeness (QED) is 0.830. The zero-order valence-corrected chi connectivity index (χ0v) is 14.9. The third kappa shape index (κ3) is 4.33. The van der Waals surface area contributed by atoms with E-state index in [0.29, 0.717) is 25.5 Å². The smallest absolute Gasteiger partial charge is 0.255 e. The van der Waals surface area contributed by atoms with Gasteiger partial charge in [-0.3, -0.25) is 9.69 Å². The number of benzene rings is 2. The number of hydrogen-bond donors (Lipinski definition) is 2. The fourth-order valence-corrected chi connectivity index (χ4v) is 3.14. The molecule has 1 saturated heterocycles. The molecule has 1 fully saturated rings. The summed E-state index contributed by atoms with van der Waals surface area (Å²) in [5.41, 5.74) is 1.38. The number of amides is 1. The first-order valence-corrected chi connectivity index (χ1v) is 8.71. The minimum atomic E-state index is -0.306. The van der Waals surface area contributed by atoms with Crippen molar-refractivity contribution >= 4 is 5.91 Å². The monoisotopic (exact) mass is 356 g/mol. The Morgan fingerprint density at radius 1 is 1.23 bits per heavy atom. The van der Waals surface area contributed by atoms with Gasteiger partial charge in [0, 0.05) is 25.7 Å². The molecule has 1 amide bonds. The summed E-state index contributed by atoms with van der Waals surface area (Å²) < 4.78 is 10.5. The first kappa shape index (κ1) is 18.2.